The fourth-order valence-electron chi connectivity index (χ4n) is 3.71. The van der Waals surface area contributed by atoms with Gasteiger partial charge in [-0.25, -0.2) is 4.98 Å². The Morgan fingerprint density at radius 1 is 1.23 bits per heavy atom. The molecule has 3 N–H and O–H groups in total. The zero-order valence-corrected chi connectivity index (χ0v) is 17.9. The molecule has 0 saturated carbocycles. The lowest BCUT2D eigenvalue weighted by atomic mass is 9.99. The lowest BCUT2D eigenvalue weighted by molar-refractivity contribution is -0.0461. The Morgan fingerprint density at radius 3 is 2.87 bits per heavy atom. The molecular weight excluding hydrogens is 422 g/mol. The quantitative estimate of drug-likeness (QED) is 0.640. The highest BCUT2D eigenvalue weighted by atomic mass is 35.5. The van der Waals surface area contributed by atoms with Gasteiger partial charge in [0.1, 0.15) is 5.82 Å². The molecule has 7 nitrogen and oxygen atoms in total. The van der Waals surface area contributed by atoms with E-state index in [1.54, 1.807) is 0 Å². The van der Waals surface area contributed by atoms with Crippen LogP contribution in [-0.2, 0) is 22.1 Å². The van der Waals surface area contributed by atoms with E-state index in [9.17, 15) is 4.21 Å². The van der Waals surface area contributed by atoms with E-state index < -0.39 is 16.3 Å². The van der Waals surface area contributed by atoms with Crippen LogP contribution < -0.4 is 16.0 Å². The summed E-state index contributed by atoms with van der Waals surface area (Å²) in [6, 6.07) is 13.4. The van der Waals surface area contributed by atoms with Gasteiger partial charge in [0.15, 0.2) is 0 Å². The predicted molar refractivity (Wildman–Crippen MR) is 120 cm³/mol. The Labute approximate surface area is 182 Å². The van der Waals surface area contributed by atoms with E-state index >= 15 is 0 Å². The van der Waals surface area contributed by atoms with Crippen molar-refractivity contribution in [1.82, 2.24) is 9.97 Å². The molecule has 2 aliphatic heterocycles. The van der Waals surface area contributed by atoms with Crippen LogP contribution in [0.25, 0.3) is 10.9 Å². The van der Waals surface area contributed by atoms with E-state index in [4.69, 9.17) is 32.0 Å². The first-order valence-corrected chi connectivity index (χ1v) is 11.5. The van der Waals surface area contributed by atoms with E-state index in [0.717, 1.165) is 21.4 Å². The van der Waals surface area contributed by atoms with Gasteiger partial charge >= 0.3 is 0 Å². The van der Waals surface area contributed by atoms with Crippen LogP contribution in [0.2, 0.25) is 5.02 Å². The fourth-order valence-corrected chi connectivity index (χ4v) is 5.14. The van der Waals surface area contributed by atoms with Gasteiger partial charge in [-0.1, -0.05) is 29.8 Å². The monoisotopic (exact) mass is 443 g/mol. The normalized spacial score (nSPS) is 20.3. The second-order valence-electron chi connectivity index (χ2n) is 7.82. The zero-order chi connectivity index (χ0) is 20.7. The van der Waals surface area contributed by atoms with E-state index in [-0.39, 0.29) is 0 Å². The van der Waals surface area contributed by atoms with E-state index in [2.05, 4.69) is 10.2 Å². The smallest absolute Gasteiger partial charge is 0.228 e. The Bertz CT molecular complexity index is 1140. The van der Waals surface area contributed by atoms with Gasteiger partial charge in [0.25, 0.3) is 0 Å². The lowest BCUT2D eigenvalue weighted by Crippen LogP contribution is -2.61. The van der Waals surface area contributed by atoms with Gasteiger partial charge in [0, 0.05) is 40.7 Å². The molecule has 1 aromatic heterocycles. The minimum atomic E-state index is -1.03. The van der Waals surface area contributed by atoms with Crippen molar-refractivity contribution in [3.05, 3.63) is 53.1 Å². The van der Waals surface area contributed by atoms with Crippen molar-refractivity contribution < 1.29 is 8.95 Å². The van der Waals surface area contributed by atoms with Crippen LogP contribution >= 0.6 is 11.6 Å². The Morgan fingerprint density at radius 2 is 2.07 bits per heavy atom. The maximum Gasteiger partial charge on any atom is 0.228 e. The molecule has 5 rings (SSSR count). The van der Waals surface area contributed by atoms with Crippen LogP contribution in [0.4, 0.5) is 11.8 Å². The number of hydrogen-bond donors (Lipinski definition) is 2. The fraction of sp³-hybridized carbons (Fsp3) is 0.333. The number of rotatable bonds is 4. The third kappa shape index (κ3) is 3.76. The highest BCUT2D eigenvalue weighted by Gasteiger charge is 2.34. The number of nitrogens with zero attached hydrogens (tertiary/aromatic N) is 3. The summed E-state index contributed by atoms with van der Waals surface area (Å²) in [6.45, 7) is 2.79. The molecule has 2 aliphatic rings. The molecule has 1 saturated heterocycles. The van der Waals surface area contributed by atoms with Gasteiger partial charge in [-0.2, -0.15) is 4.98 Å². The molecule has 156 valence electrons. The van der Waals surface area contributed by atoms with Crippen LogP contribution in [0, 0.1) is 0 Å². The summed E-state index contributed by atoms with van der Waals surface area (Å²) < 4.78 is 17.9. The molecule has 3 aromatic rings. The average molecular weight is 444 g/mol. The average Bonchev–Trinajstić information content (AvgIpc) is 2.90. The number of aromatic nitrogens is 2. The topological polar surface area (TPSA) is 93.4 Å². The van der Waals surface area contributed by atoms with Gasteiger partial charge < -0.3 is 20.7 Å². The molecular formula is C21H22ClN5O2S. The van der Waals surface area contributed by atoms with E-state index in [1.165, 1.54) is 0 Å². The maximum atomic E-state index is 12.6. The zero-order valence-electron chi connectivity index (χ0n) is 16.3. The van der Waals surface area contributed by atoms with Gasteiger partial charge in [-0.3, -0.25) is 4.21 Å². The van der Waals surface area contributed by atoms with Crippen LogP contribution in [0.3, 0.4) is 0 Å². The van der Waals surface area contributed by atoms with Gasteiger partial charge in [0.2, 0.25) is 5.95 Å². The standard InChI is InChI=1S/C21H22ClN5O2S/c22-15-5-6-17-16(9-15)19(24-11-21(23)12-29-13-21)26-20(25-17)27-7-8-30(28)18-4-2-1-3-14(18)10-27/h1-6,9H,7-8,10-13,23H2,(H,24,25,26). The van der Waals surface area contributed by atoms with Crippen LogP contribution in [0.5, 0.6) is 0 Å². The number of fused-ring (bicyclic) bond motifs is 2. The summed E-state index contributed by atoms with van der Waals surface area (Å²) in [6.07, 6.45) is 0. The first-order chi connectivity index (χ1) is 14.5. The number of ether oxygens (including phenoxy) is 1. The van der Waals surface area contributed by atoms with Crippen LogP contribution in [-0.4, -0.2) is 51.8 Å². The van der Waals surface area contributed by atoms with Crippen molar-refractivity contribution >= 4 is 45.1 Å². The van der Waals surface area contributed by atoms with Crippen molar-refractivity contribution in [2.75, 3.05) is 42.3 Å². The molecule has 1 fully saturated rings. The number of hydrogen-bond acceptors (Lipinski definition) is 7. The summed E-state index contributed by atoms with van der Waals surface area (Å²) in [4.78, 5) is 12.6. The van der Waals surface area contributed by atoms with Crippen molar-refractivity contribution in [3.8, 4) is 0 Å². The molecule has 0 spiro atoms. The molecule has 0 amide bonds. The van der Waals surface area contributed by atoms with Gasteiger partial charge in [0.05, 0.1) is 35.1 Å². The van der Waals surface area contributed by atoms with Crippen molar-refractivity contribution in [3.63, 3.8) is 0 Å². The molecule has 0 bridgehead atoms. The maximum absolute atomic E-state index is 12.6. The van der Waals surface area contributed by atoms with Crippen LogP contribution in [0.15, 0.2) is 47.4 Å². The van der Waals surface area contributed by atoms with E-state index in [1.807, 2.05) is 42.5 Å². The first kappa shape index (κ1) is 19.7. The largest absolute Gasteiger partial charge is 0.377 e. The second-order valence-corrected chi connectivity index (χ2v) is 9.80. The van der Waals surface area contributed by atoms with Crippen molar-refractivity contribution in [2.45, 2.75) is 17.0 Å². The minimum absolute atomic E-state index is 0.394. The second kappa shape index (κ2) is 7.77. The van der Waals surface area contributed by atoms with Gasteiger partial charge in [-0.15, -0.1) is 0 Å². The molecule has 1 unspecified atom stereocenters. The van der Waals surface area contributed by atoms with Gasteiger partial charge in [-0.05, 0) is 29.8 Å². The summed E-state index contributed by atoms with van der Waals surface area (Å²) in [5.74, 6) is 1.82. The molecule has 1 atom stereocenters. The summed E-state index contributed by atoms with van der Waals surface area (Å²) in [7, 11) is -1.03. The van der Waals surface area contributed by atoms with Crippen LogP contribution in [0.1, 0.15) is 5.56 Å². The highest BCUT2D eigenvalue weighted by Crippen LogP contribution is 2.29. The minimum Gasteiger partial charge on any atom is -0.377 e. The Kier molecular flexibility index (Phi) is 5.10. The predicted octanol–water partition coefficient (Wildman–Crippen LogP) is 2.55. The molecule has 3 heterocycles. The number of nitrogens with two attached hydrogens (primary N) is 1. The van der Waals surface area contributed by atoms with Crippen molar-refractivity contribution in [1.29, 1.82) is 0 Å². The van der Waals surface area contributed by atoms with Crippen molar-refractivity contribution in [2.24, 2.45) is 5.73 Å². The summed E-state index contributed by atoms with van der Waals surface area (Å²) in [5, 5.41) is 4.84. The summed E-state index contributed by atoms with van der Waals surface area (Å²) >= 11 is 6.23. The first-order valence-electron chi connectivity index (χ1n) is 9.80. The third-order valence-electron chi connectivity index (χ3n) is 5.44. The third-order valence-corrected chi connectivity index (χ3v) is 7.12. The lowest BCUT2D eigenvalue weighted by Gasteiger charge is -2.38. The summed E-state index contributed by atoms with van der Waals surface area (Å²) in [5.41, 5.74) is 7.73. The Balaban J connectivity index is 1.52. The molecule has 30 heavy (non-hydrogen) atoms. The number of halogens is 1. The number of anilines is 2. The molecule has 0 radical (unpaired) electrons. The molecule has 2 aromatic carbocycles. The molecule has 0 aliphatic carbocycles. The molecule has 9 heteroatoms. The van der Waals surface area contributed by atoms with E-state index in [0.29, 0.717) is 55.4 Å². The Hall–Kier alpha value is -2.26. The number of nitrogens with one attached hydrogen (secondary N) is 1. The highest BCUT2D eigenvalue weighted by molar-refractivity contribution is 7.85. The number of benzene rings is 2. The SMILES string of the molecule is NC1(CNc2nc(N3CCS(=O)c4ccccc4C3)nc3ccc(Cl)cc23)COC1.